The predicted molar refractivity (Wildman–Crippen MR) is 77.1 cm³/mol. The zero-order valence-electron chi connectivity index (χ0n) is 12.0. The third-order valence-corrected chi connectivity index (χ3v) is 4.62. The molecule has 1 aliphatic heterocycles. The lowest BCUT2D eigenvalue weighted by Gasteiger charge is -2.38. The zero-order chi connectivity index (χ0) is 15.0. The fraction of sp³-hybridized carbons (Fsp3) is 0.500. The van der Waals surface area contributed by atoms with Gasteiger partial charge in [-0.1, -0.05) is 19.1 Å². The maximum atomic E-state index is 12.3. The van der Waals surface area contributed by atoms with Gasteiger partial charge in [-0.05, 0) is 36.5 Å². The Balaban J connectivity index is 1.63. The van der Waals surface area contributed by atoms with Crippen molar-refractivity contribution >= 4 is 17.6 Å². The Morgan fingerprint density at radius 1 is 1.33 bits per heavy atom. The van der Waals surface area contributed by atoms with Gasteiger partial charge in [0, 0.05) is 5.69 Å². The summed E-state index contributed by atoms with van der Waals surface area (Å²) in [4.78, 5) is 23.1. The van der Waals surface area contributed by atoms with Crippen LogP contribution >= 0.6 is 0 Å². The second kappa shape index (κ2) is 5.15. The van der Waals surface area contributed by atoms with Gasteiger partial charge >= 0.3 is 5.97 Å². The molecule has 2 fully saturated rings. The number of aliphatic carboxylic acids is 1. The highest BCUT2D eigenvalue weighted by Crippen LogP contribution is 2.47. The second-order valence-corrected chi connectivity index (χ2v) is 5.99. The summed E-state index contributed by atoms with van der Waals surface area (Å²) >= 11 is 0. The Hall–Kier alpha value is -1.88. The molecule has 0 spiro atoms. The molecule has 3 rings (SSSR count). The van der Waals surface area contributed by atoms with Crippen LogP contribution in [-0.4, -0.2) is 30.2 Å². The van der Waals surface area contributed by atoms with E-state index in [4.69, 9.17) is 9.84 Å². The molecule has 1 aliphatic carbocycles. The molecule has 2 atom stereocenters. The number of carbonyl (C=O) groups is 2. The standard InChI is InChI=1S/C16H19NO4/c1-2-16(8-21-9-16)15(20)17-11-5-3-10(4-6-11)12-7-13(12)14(18)19/h3-6,12-13H,2,7-9H2,1H3,(H,17,20)(H,18,19)/t12-,13+/m0/s1. The molecule has 1 heterocycles. The van der Waals surface area contributed by atoms with Gasteiger partial charge in [-0.3, -0.25) is 9.59 Å². The first-order valence-corrected chi connectivity index (χ1v) is 7.28. The van der Waals surface area contributed by atoms with Crippen LogP contribution in [0.2, 0.25) is 0 Å². The Bertz CT molecular complexity index is 557. The predicted octanol–water partition coefficient (Wildman–Crippen LogP) is 2.24. The van der Waals surface area contributed by atoms with Crippen molar-refractivity contribution in [1.29, 1.82) is 0 Å². The smallest absolute Gasteiger partial charge is 0.307 e. The van der Waals surface area contributed by atoms with Crippen molar-refractivity contribution in [3.8, 4) is 0 Å². The number of carboxylic acid groups (broad SMARTS) is 1. The lowest BCUT2D eigenvalue weighted by Crippen LogP contribution is -2.51. The minimum Gasteiger partial charge on any atom is -0.481 e. The van der Waals surface area contributed by atoms with Crippen LogP contribution in [0.1, 0.15) is 31.2 Å². The molecular formula is C16H19NO4. The third-order valence-electron chi connectivity index (χ3n) is 4.62. The number of rotatable bonds is 5. The SMILES string of the molecule is CCC1(C(=O)Nc2ccc([C@@H]3C[C@H]3C(=O)O)cc2)COC1. The fourth-order valence-electron chi connectivity index (χ4n) is 2.76. The first-order valence-electron chi connectivity index (χ1n) is 7.28. The topological polar surface area (TPSA) is 75.6 Å². The number of carbonyl (C=O) groups excluding carboxylic acids is 1. The van der Waals surface area contributed by atoms with Crippen molar-refractivity contribution in [2.45, 2.75) is 25.7 Å². The molecule has 1 saturated heterocycles. The monoisotopic (exact) mass is 289 g/mol. The molecule has 1 saturated carbocycles. The molecule has 5 nitrogen and oxygen atoms in total. The van der Waals surface area contributed by atoms with Crippen LogP contribution in [0, 0.1) is 11.3 Å². The van der Waals surface area contributed by atoms with Crippen molar-refractivity contribution in [3.05, 3.63) is 29.8 Å². The summed E-state index contributed by atoms with van der Waals surface area (Å²) in [5, 5.41) is 11.9. The average molecular weight is 289 g/mol. The van der Waals surface area contributed by atoms with Crippen LogP contribution in [0.25, 0.3) is 0 Å². The van der Waals surface area contributed by atoms with Crippen molar-refractivity contribution in [1.82, 2.24) is 0 Å². The number of ether oxygens (including phenoxy) is 1. The lowest BCUT2D eigenvalue weighted by molar-refractivity contribution is -0.156. The van der Waals surface area contributed by atoms with Gasteiger partial charge in [0.2, 0.25) is 5.91 Å². The molecule has 1 aromatic rings. The normalized spacial score (nSPS) is 25.8. The molecule has 21 heavy (non-hydrogen) atoms. The number of nitrogens with one attached hydrogen (secondary N) is 1. The summed E-state index contributed by atoms with van der Waals surface area (Å²) in [7, 11) is 0. The van der Waals surface area contributed by atoms with E-state index >= 15 is 0 Å². The van der Waals surface area contributed by atoms with Crippen molar-refractivity contribution < 1.29 is 19.4 Å². The Morgan fingerprint density at radius 3 is 2.43 bits per heavy atom. The summed E-state index contributed by atoms with van der Waals surface area (Å²) in [6.45, 7) is 2.95. The Morgan fingerprint density at radius 2 is 2.00 bits per heavy atom. The summed E-state index contributed by atoms with van der Waals surface area (Å²) < 4.78 is 5.16. The largest absolute Gasteiger partial charge is 0.481 e. The molecule has 1 aromatic carbocycles. The quantitative estimate of drug-likeness (QED) is 0.871. The van der Waals surface area contributed by atoms with E-state index in [1.165, 1.54) is 0 Å². The van der Waals surface area contributed by atoms with Crippen LogP contribution in [0.5, 0.6) is 0 Å². The number of anilines is 1. The van der Waals surface area contributed by atoms with Gasteiger partial charge in [0.15, 0.2) is 0 Å². The fourth-order valence-corrected chi connectivity index (χ4v) is 2.76. The van der Waals surface area contributed by atoms with Gasteiger partial charge in [0.05, 0.1) is 24.5 Å². The van der Waals surface area contributed by atoms with E-state index in [1.54, 1.807) is 0 Å². The average Bonchev–Trinajstić information content (AvgIpc) is 3.19. The van der Waals surface area contributed by atoms with E-state index in [-0.39, 0.29) is 23.2 Å². The van der Waals surface area contributed by atoms with E-state index < -0.39 is 5.97 Å². The van der Waals surface area contributed by atoms with E-state index in [0.717, 1.165) is 17.7 Å². The number of carboxylic acids is 1. The van der Waals surface area contributed by atoms with E-state index in [0.29, 0.717) is 19.6 Å². The highest BCUT2D eigenvalue weighted by molar-refractivity contribution is 5.96. The zero-order valence-corrected chi connectivity index (χ0v) is 12.0. The van der Waals surface area contributed by atoms with Gasteiger partial charge in [0.25, 0.3) is 0 Å². The number of hydrogen-bond acceptors (Lipinski definition) is 3. The van der Waals surface area contributed by atoms with Crippen molar-refractivity contribution in [2.24, 2.45) is 11.3 Å². The van der Waals surface area contributed by atoms with E-state index in [2.05, 4.69) is 5.32 Å². The first kappa shape index (κ1) is 14.1. The van der Waals surface area contributed by atoms with Crippen molar-refractivity contribution in [2.75, 3.05) is 18.5 Å². The maximum absolute atomic E-state index is 12.3. The van der Waals surface area contributed by atoms with Crippen LogP contribution in [0.3, 0.4) is 0 Å². The van der Waals surface area contributed by atoms with Crippen LogP contribution < -0.4 is 5.32 Å². The Labute approximate surface area is 123 Å². The number of amides is 1. The summed E-state index contributed by atoms with van der Waals surface area (Å²) in [6, 6.07) is 7.49. The molecule has 5 heteroatoms. The Kier molecular flexibility index (Phi) is 3.45. The third kappa shape index (κ3) is 2.53. The number of hydrogen-bond donors (Lipinski definition) is 2. The van der Waals surface area contributed by atoms with E-state index in [1.807, 2.05) is 31.2 Å². The molecule has 2 N–H and O–H groups in total. The minimum atomic E-state index is -0.729. The maximum Gasteiger partial charge on any atom is 0.307 e. The van der Waals surface area contributed by atoms with E-state index in [9.17, 15) is 9.59 Å². The van der Waals surface area contributed by atoms with Gasteiger partial charge in [-0.15, -0.1) is 0 Å². The van der Waals surface area contributed by atoms with Gasteiger partial charge in [0.1, 0.15) is 0 Å². The van der Waals surface area contributed by atoms with Crippen LogP contribution in [-0.2, 0) is 14.3 Å². The molecule has 1 amide bonds. The molecular weight excluding hydrogens is 270 g/mol. The molecule has 112 valence electrons. The van der Waals surface area contributed by atoms with Gasteiger partial charge in [-0.2, -0.15) is 0 Å². The van der Waals surface area contributed by atoms with Gasteiger partial charge < -0.3 is 15.2 Å². The second-order valence-electron chi connectivity index (χ2n) is 5.99. The first-order chi connectivity index (χ1) is 10.1. The molecule has 0 aromatic heterocycles. The highest BCUT2D eigenvalue weighted by atomic mass is 16.5. The van der Waals surface area contributed by atoms with Crippen molar-refractivity contribution in [3.63, 3.8) is 0 Å². The summed E-state index contributed by atoms with van der Waals surface area (Å²) in [6.07, 6.45) is 1.47. The summed E-state index contributed by atoms with van der Waals surface area (Å²) in [5.41, 5.74) is 1.39. The summed E-state index contributed by atoms with van der Waals surface area (Å²) in [5.74, 6) is -0.860. The van der Waals surface area contributed by atoms with Crippen LogP contribution in [0.4, 0.5) is 5.69 Å². The lowest BCUT2D eigenvalue weighted by atomic mass is 9.82. The highest BCUT2D eigenvalue weighted by Gasteiger charge is 2.45. The van der Waals surface area contributed by atoms with Gasteiger partial charge in [-0.25, -0.2) is 0 Å². The van der Waals surface area contributed by atoms with Crippen LogP contribution in [0.15, 0.2) is 24.3 Å². The molecule has 0 bridgehead atoms. The molecule has 0 radical (unpaired) electrons. The molecule has 0 unspecified atom stereocenters. The number of benzene rings is 1. The minimum absolute atomic E-state index is 0.00108. The molecule has 2 aliphatic rings.